The highest BCUT2D eigenvalue weighted by atomic mass is 16.5. The van der Waals surface area contributed by atoms with Gasteiger partial charge in [0.1, 0.15) is 5.82 Å². The first-order valence-corrected chi connectivity index (χ1v) is 7.20. The Kier molecular flexibility index (Phi) is 3.97. The van der Waals surface area contributed by atoms with Crippen molar-refractivity contribution in [2.24, 2.45) is 0 Å². The Morgan fingerprint density at radius 1 is 1.20 bits per heavy atom. The van der Waals surface area contributed by atoms with Crippen molar-refractivity contribution in [3.8, 4) is 0 Å². The predicted octanol–water partition coefficient (Wildman–Crippen LogP) is 3.72. The van der Waals surface area contributed by atoms with Gasteiger partial charge in [-0.15, -0.1) is 0 Å². The summed E-state index contributed by atoms with van der Waals surface area (Å²) in [6.45, 7) is 0.564. The molecular formula is C17H20N2O. The summed E-state index contributed by atoms with van der Waals surface area (Å²) in [5.41, 5.74) is 3.75. The Labute approximate surface area is 120 Å². The van der Waals surface area contributed by atoms with Gasteiger partial charge in [0.15, 0.2) is 0 Å². The van der Waals surface area contributed by atoms with Crippen molar-refractivity contribution in [2.45, 2.75) is 32.0 Å². The van der Waals surface area contributed by atoms with Crippen LogP contribution in [-0.2, 0) is 17.8 Å². The first-order chi connectivity index (χ1) is 9.86. The molecule has 3 nitrogen and oxygen atoms in total. The molecule has 3 rings (SSSR count). The molecule has 0 spiro atoms. The number of nitrogens with zero attached hydrogens (tertiary/aromatic N) is 1. The van der Waals surface area contributed by atoms with Crippen LogP contribution in [0, 0.1) is 0 Å². The maximum atomic E-state index is 6.10. The molecule has 3 heteroatoms. The first kappa shape index (κ1) is 13.1. The van der Waals surface area contributed by atoms with Crippen LogP contribution < -0.4 is 5.32 Å². The lowest BCUT2D eigenvalue weighted by atomic mass is 9.89. The maximum Gasteiger partial charge on any atom is 0.126 e. The van der Waals surface area contributed by atoms with Crippen LogP contribution in [0.4, 0.5) is 5.82 Å². The molecule has 0 radical (unpaired) electrons. The summed E-state index contributed by atoms with van der Waals surface area (Å²) in [5, 5.41) is 3.05. The molecule has 0 saturated carbocycles. The van der Waals surface area contributed by atoms with E-state index in [9.17, 15) is 0 Å². The van der Waals surface area contributed by atoms with Gasteiger partial charge in [0.25, 0.3) is 0 Å². The Hall–Kier alpha value is -1.87. The van der Waals surface area contributed by atoms with Crippen LogP contribution in [0.1, 0.15) is 35.8 Å². The van der Waals surface area contributed by atoms with Gasteiger partial charge in [0, 0.05) is 7.05 Å². The van der Waals surface area contributed by atoms with Crippen molar-refractivity contribution in [2.75, 3.05) is 12.4 Å². The van der Waals surface area contributed by atoms with Crippen molar-refractivity contribution in [1.82, 2.24) is 4.98 Å². The number of rotatable bonds is 4. The lowest BCUT2D eigenvalue weighted by Gasteiger charge is -2.25. The Morgan fingerprint density at radius 2 is 2.10 bits per heavy atom. The molecule has 2 aromatic rings. The van der Waals surface area contributed by atoms with Gasteiger partial charge in [-0.1, -0.05) is 30.3 Å². The largest absolute Gasteiger partial charge is 0.373 e. The number of anilines is 1. The van der Waals surface area contributed by atoms with Gasteiger partial charge in [-0.05, 0) is 42.5 Å². The average Bonchev–Trinajstić information content (AvgIpc) is 2.53. The fourth-order valence-corrected chi connectivity index (χ4v) is 2.77. The lowest BCUT2D eigenvalue weighted by Crippen LogP contribution is -2.13. The zero-order valence-corrected chi connectivity index (χ0v) is 11.8. The molecule has 1 aliphatic carbocycles. The Morgan fingerprint density at radius 3 is 3.00 bits per heavy atom. The second-order valence-electron chi connectivity index (χ2n) is 5.15. The summed E-state index contributed by atoms with van der Waals surface area (Å²) in [7, 11) is 1.88. The summed E-state index contributed by atoms with van der Waals surface area (Å²) in [5.74, 6) is 0.884. The number of hydrogen-bond acceptors (Lipinski definition) is 3. The smallest absolute Gasteiger partial charge is 0.126 e. The number of aryl methyl sites for hydroxylation is 1. The fourth-order valence-electron chi connectivity index (χ4n) is 2.77. The van der Waals surface area contributed by atoms with E-state index in [0.717, 1.165) is 17.9 Å². The number of benzene rings is 1. The van der Waals surface area contributed by atoms with Crippen LogP contribution in [0.3, 0.4) is 0 Å². The van der Waals surface area contributed by atoms with E-state index in [4.69, 9.17) is 4.74 Å². The van der Waals surface area contributed by atoms with E-state index >= 15 is 0 Å². The highest BCUT2D eigenvalue weighted by Gasteiger charge is 2.20. The third-order valence-electron chi connectivity index (χ3n) is 3.81. The van der Waals surface area contributed by atoms with Crippen LogP contribution in [0.5, 0.6) is 0 Å². The summed E-state index contributed by atoms with van der Waals surface area (Å²) in [4.78, 5) is 4.50. The monoisotopic (exact) mass is 268 g/mol. The van der Waals surface area contributed by atoms with Crippen molar-refractivity contribution in [1.29, 1.82) is 0 Å². The average molecular weight is 268 g/mol. The van der Waals surface area contributed by atoms with Gasteiger partial charge >= 0.3 is 0 Å². The molecule has 0 bridgehead atoms. The predicted molar refractivity (Wildman–Crippen MR) is 80.7 cm³/mol. The Balaban J connectivity index is 1.70. The van der Waals surface area contributed by atoms with Crippen molar-refractivity contribution >= 4 is 5.82 Å². The second kappa shape index (κ2) is 6.06. The van der Waals surface area contributed by atoms with Crippen LogP contribution >= 0.6 is 0 Å². The SMILES string of the molecule is CNc1cccc(COC2CCCc3ccccc32)n1. The molecule has 1 N–H and O–H groups in total. The Bertz CT molecular complexity index is 583. The highest BCUT2D eigenvalue weighted by Crippen LogP contribution is 2.32. The standard InChI is InChI=1S/C17H20N2O/c1-18-17-11-5-8-14(19-17)12-20-16-10-4-7-13-6-2-3-9-15(13)16/h2-3,5-6,8-9,11,16H,4,7,10,12H2,1H3,(H,18,19). The van der Waals surface area contributed by atoms with Crippen molar-refractivity contribution < 1.29 is 4.74 Å². The first-order valence-electron chi connectivity index (χ1n) is 7.20. The molecule has 1 atom stereocenters. The van der Waals surface area contributed by atoms with Gasteiger partial charge < -0.3 is 10.1 Å². The summed E-state index contributed by atoms with van der Waals surface area (Å²) < 4.78 is 6.10. The number of pyridine rings is 1. The van der Waals surface area contributed by atoms with E-state index in [2.05, 4.69) is 34.6 Å². The second-order valence-corrected chi connectivity index (χ2v) is 5.15. The molecule has 20 heavy (non-hydrogen) atoms. The van der Waals surface area contributed by atoms with E-state index in [-0.39, 0.29) is 6.10 Å². The molecule has 1 aromatic carbocycles. The molecular weight excluding hydrogens is 248 g/mol. The van der Waals surface area contributed by atoms with E-state index in [0.29, 0.717) is 6.61 Å². The third-order valence-corrected chi connectivity index (χ3v) is 3.81. The molecule has 104 valence electrons. The number of hydrogen-bond donors (Lipinski definition) is 1. The van der Waals surface area contributed by atoms with Crippen LogP contribution in [0.25, 0.3) is 0 Å². The highest BCUT2D eigenvalue weighted by molar-refractivity contribution is 5.34. The summed E-state index contributed by atoms with van der Waals surface area (Å²) >= 11 is 0. The van der Waals surface area contributed by atoms with E-state index < -0.39 is 0 Å². The molecule has 0 aliphatic heterocycles. The zero-order chi connectivity index (χ0) is 13.8. The van der Waals surface area contributed by atoms with Gasteiger partial charge in [-0.2, -0.15) is 0 Å². The van der Waals surface area contributed by atoms with Gasteiger partial charge in [-0.3, -0.25) is 0 Å². The molecule has 1 aliphatic rings. The minimum absolute atomic E-state index is 0.208. The molecule has 0 saturated heterocycles. The van der Waals surface area contributed by atoms with Gasteiger partial charge in [0.2, 0.25) is 0 Å². The topological polar surface area (TPSA) is 34.1 Å². The van der Waals surface area contributed by atoms with E-state index in [1.807, 2.05) is 25.2 Å². The molecule has 1 unspecified atom stereocenters. The molecule has 1 aromatic heterocycles. The normalized spacial score (nSPS) is 17.6. The maximum absolute atomic E-state index is 6.10. The van der Waals surface area contributed by atoms with Crippen LogP contribution in [0.2, 0.25) is 0 Å². The lowest BCUT2D eigenvalue weighted by molar-refractivity contribution is 0.0265. The van der Waals surface area contributed by atoms with Crippen LogP contribution in [0.15, 0.2) is 42.5 Å². The van der Waals surface area contributed by atoms with Gasteiger partial charge in [-0.25, -0.2) is 4.98 Å². The number of nitrogens with one attached hydrogen (secondary N) is 1. The quantitative estimate of drug-likeness (QED) is 0.917. The third kappa shape index (κ3) is 2.83. The van der Waals surface area contributed by atoms with Crippen molar-refractivity contribution in [3.05, 3.63) is 59.3 Å². The summed E-state index contributed by atoms with van der Waals surface area (Å²) in [6.07, 6.45) is 3.68. The van der Waals surface area contributed by atoms with Gasteiger partial charge in [0.05, 0.1) is 18.4 Å². The molecule has 1 heterocycles. The number of fused-ring (bicyclic) bond motifs is 1. The van der Waals surface area contributed by atoms with Crippen molar-refractivity contribution in [3.63, 3.8) is 0 Å². The van der Waals surface area contributed by atoms with Crippen LogP contribution in [-0.4, -0.2) is 12.0 Å². The zero-order valence-electron chi connectivity index (χ0n) is 11.8. The number of ether oxygens (including phenoxy) is 1. The summed E-state index contributed by atoms with van der Waals surface area (Å²) in [6, 6.07) is 14.6. The van der Waals surface area contributed by atoms with E-state index in [1.165, 1.54) is 24.0 Å². The molecule has 0 amide bonds. The van der Waals surface area contributed by atoms with E-state index in [1.54, 1.807) is 0 Å². The fraction of sp³-hybridized carbons (Fsp3) is 0.353. The minimum atomic E-state index is 0.208. The number of aromatic nitrogens is 1. The minimum Gasteiger partial charge on any atom is -0.373 e. The molecule has 0 fully saturated rings.